The highest BCUT2D eigenvalue weighted by Crippen LogP contribution is 2.39. The molecule has 0 bridgehead atoms. The molecule has 0 aromatic heterocycles. The van der Waals surface area contributed by atoms with Crippen LogP contribution in [0.2, 0.25) is 0 Å². The Labute approximate surface area is 57.8 Å². The number of ether oxygens (including phenoxy) is 2. The molecule has 1 radical (unpaired) electrons. The molecule has 51 valence electrons. The van der Waals surface area contributed by atoms with E-state index in [1.165, 1.54) is 6.07 Å². The van der Waals surface area contributed by atoms with Gasteiger partial charge < -0.3 is 9.47 Å². The van der Waals surface area contributed by atoms with E-state index in [1.807, 2.05) is 0 Å². The second-order valence-corrected chi connectivity index (χ2v) is 1.99. The molecular weight excluding hydrogens is 132 g/mol. The van der Waals surface area contributed by atoms with Crippen LogP contribution < -0.4 is 9.47 Å². The molecule has 1 aliphatic rings. The maximum absolute atomic E-state index is 10.9. The van der Waals surface area contributed by atoms with E-state index in [9.17, 15) is 5.11 Å². The molecule has 1 aliphatic heterocycles. The summed E-state index contributed by atoms with van der Waals surface area (Å²) in [5.41, 5.74) is 0. The van der Waals surface area contributed by atoms with Crippen molar-refractivity contribution in [1.29, 1.82) is 0 Å². The molecule has 1 heterocycles. The predicted octanol–water partition coefficient (Wildman–Crippen LogP) is 1.56. The van der Waals surface area contributed by atoms with Gasteiger partial charge in [0, 0.05) is 0 Å². The maximum atomic E-state index is 10.9. The number of para-hydroxylation sites is 1. The normalized spacial score (nSPS) is 13.6. The summed E-state index contributed by atoms with van der Waals surface area (Å²) in [7, 11) is 0. The molecule has 0 saturated carbocycles. The first-order chi connectivity index (χ1) is 4.88. The second kappa shape index (κ2) is 1.80. The van der Waals surface area contributed by atoms with Gasteiger partial charge in [-0.05, 0) is 12.1 Å². The zero-order valence-electron chi connectivity index (χ0n) is 5.16. The first-order valence-corrected chi connectivity index (χ1v) is 2.93. The molecule has 0 aliphatic carbocycles. The molecule has 0 N–H and O–H groups in total. The summed E-state index contributed by atoms with van der Waals surface area (Å²) in [4.78, 5) is 0. The Bertz CT molecular complexity index is 257. The predicted molar refractivity (Wildman–Crippen MR) is 32.7 cm³/mol. The third-order valence-corrected chi connectivity index (χ3v) is 1.36. The number of fused-ring (bicyclic) bond motifs is 1. The highest BCUT2D eigenvalue weighted by molar-refractivity contribution is 5.51. The van der Waals surface area contributed by atoms with Crippen LogP contribution in [0.4, 0.5) is 0 Å². The number of hydrogen-bond donors (Lipinski definition) is 0. The lowest BCUT2D eigenvalue weighted by Gasteiger charge is -1.92. The van der Waals surface area contributed by atoms with Gasteiger partial charge in [0.2, 0.25) is 18.3 Å². The zero-order chi connectivity index (χ0) is 6.97. The van der Waals surface area contributed by atoms with Crippen LogP contribution >= 0.6 is 0 Å². The van der Waals surface area contributed by atoms with Crippen molar-refractivity contribution in [2.75, 3.05) is 6.79 Å². The fourth-order valence-electron chi connectivity index (χ4n) is 0.903. The van der Waals surface area contributed by atoms with Crippen molar-refractivity contribution in [2.45, 2.75) is 0 Å². The van der Waals surface area contributed by atoms with Crippen LogP contribution in [0.15, 0.2) is 18.2 Å². The van der Waals surface area contributed by atoms with Gasteiger partial charge in [0.25, 0.3) is 0 Å². The SMILES string of the molecule is [O]c1cccc2c1OCO2. The third kappa shape index (κ3) is 0.603. The van der Waals surface area contributed by atoms with Gasteiger partial charge in [-0.2, -0.15) is 0 Å². The van der Waals surface area contributed by atoms with E-state index >= 15 is 0 Å². The fourth-order valence-corrected chi connectivity index (χ4v) is 0.903. The summed E-state index contributed by atoms with van der Waals surface area (Å²) in [5, 5.41) is 10.9. The zero-order valence-corrected chi connectivity index (χ0v) is 5.16. The van der Waals surface area contributed by atoms with E-state index in [0.29, 0.717) is 11.5 Å². The lowest BCUT2D eigenvalue weighted by atomic mass is 10.3. The molecule has 3 heteroatoms. The summed E-state index contributed by atoms with van der Waals surface area (Å²) in [6.07, 6.45) is 0. The minimum Gasteiger partial charge on any atom is -0.453 e. The average Bonchev–Trinajstić information content (AvgIpc) is 2.36. The third-order valence-electron chi connectivity index (χ3n) is 1.36. The van der Waals surface area contributed by atoms with Crippen molar-refractivity contribution in [2.24, 2.45) is 0 Å². The van der Waals surface area contributed by atoms with Gasteiger partial charge in [-0.25, -0.2) is 0 Å². The lowest BCUT2D eigenvalue weighted by Crippen LogP contribution is -1.92. The molecule has 0 amide bonds. The smallest absolute Gasteiger partial charge is 0.231 e. The first kappa shape index (κ1) is 5.41. The second-order valence-electron chi connectivity index (χ2n) is 1.99. The molecule has 3 nitrogen and oxygen atoms in total. The summed E-state index contributed by atoms with van der Waals surface area (Å²) in [6, 6.07) is 4.81. The largest absolute Gasteiger partial charge is 0.453 e. The van der Waals surface area contributed by atoms with Crippen LogP contribution in [0, 0.1) is 0 Å². The van der Waals surface area contributed by atoms with Gasteiger partial charge in [0.1, 0.15) is 0 Å². The van der Waals surface area contributed by atoms with E-state index in [1.54, 1.807) is 12.1 Å². The monoisotopic (exact) mass is 137 g/mol. The number of hydrogen-bond acceptors (Lipinski definition) is 2. The van der Waals surface area contributed by atoms with E-state index < -0.39 is 0 Å². The minimum absolute atomic E-state index is 0.116. The van der Waals surface area contributed by atoms with Crippen LogP contribution in [0.1, 0.15) is 0 Å². The molecule has 0 fully saturated rings. The standard InChI is InChI=1S/C7H5O3/c8-5-2-1-3-6-7(5)10-4-9-6/h1-3H,4H2. The van der Waals surface area contributed by atoms with Gasteiger partial charge in [-0.3, -0.25) is 5.11 Å². The van der Waals surface area contributed by atoms with Crippen molar-refractivity contribution in [3.63, 3.8) is 0 Å². The van der Waals surface area contributed by atoms with Gasteiger partial charge in [0.05, 0.1) is 0 Å². The van der Waals surface area contributed by atoms with E-state index in [4.69, 9.17) is 9.47 Å². The van der Waals surface area contributed by atoms with E-state index in [0.717, 1.165) is 0 Å². The maximum Gasteiger partial charge on any atom is 0.231 e. The van der Waals surface area contributed by atoms with Crippen LogP contribution in [0.5, 0.6) is 17.2 Å². The Hall–Kier alpha value is -1.38. The summed E-state index contributed by atoms with van der Waals surface area (Å²) >= 11 is 0. The van der Waals surface area contributed by atoms with Crippen LogP contribution in [-0.2, 0) is 5.11 Å². The molecule has 10 heavy (non-hydrogen) atoms. The summed E-state index contributed by atoms with van der Waals surface area (Å²) in [5.74, 6) is 0.769. The molecule has 0 saturated heterocycles. The van der Waals surface area contributed by atoms with Crippen LogP contribution in [-0.4, -0.2) is 6.79 Å². The van der Waals surface area contributed by atoms with Crippen LogP contribution in [0.25, 0.3) is 0 Å². The van der Waals surface area contributed by atoms with Crippen LogP contribution in [0.3, 0.4) is 0 Å². The Morgan fingerprint density at radius 3 is 3.00 bits per heavy atom. The Morgan fingerprint density at radius 2 is 2.20 bits per heavy atom. The van der Waals surface area contributed by atoms with Crippen molar-refractivity contribution >= 4 is 0 Å². The number of benzene rings is 1. The molecule has 0 spiro atoms. The molecule has 2 rings (SSSR count). The average molecular weight is 137 g/mol. The summed E-state index contributed by atoms with van der Waals surface area (Å²) in [6.45, 7) is 0.161. The van der Waals surface area contributed by atoms with E-state index in [2.05, 4.69) is 0 Å². The molecule has 0 unspecified atom stereocenters. The van der Waals surface area contributed by atoms with Crippen molar-refractivity contribution in [1.82, 2.24) is 0 Å². The van der Waals surface area contributed by atoms with Gasteiger partial charge in [0.15, 0.2) is 5.75 Å². The van der Waals surface area contributed by atoms with Gasteiger partial charge in [-0.1, -0.05) is 6.07 Å². The molecule has 0 atom stereocenters. The molecule has 1 aromatic rings. The lowest BCUT2D eigenvalue weighted by molar-refractivity contribution is 0.169. The first-order valence-electron chi connectivity index (χ1n) is 2.93. The Balaban J connectivity index is 2.59. The fraction of sp³-hybridized carbons (Fsp3) is 0.143. The van der Waals surface area contributed by atoms with E-state index in [-0.39, 0.29) is 12.5 Å². The van der Waals surface area contributed by atoms with Crippen molar-refractivity contribution in [3.8, 4) is 17.2 Å². The molecule has 1 aromatic carbocycles. The van der Waals surface area contributed by atoms with Crippen molar-refractivity contribution in [3.05, 3.63) is 18.2 Å². The highest BCUT2D eigenvalue weighted by Gasteiger charge is 2.17. The topological polar surface area (TPSA) is 38.4 Å². The minimum atomic E-state index is -0.116. The molecular formula is C7H5O3. The van der Waals surface area contributed by atoms with Crippen molar-refractivity contribution < 1.29 is 14.6 Å². The van der Waals surface area contributed by atoms with Gasteiger partial charge in [-0.15, -0.1) is 0 Å². The summed E-state index contributed by atoms with van der Waals surface area (Å²) < 4.78 is 9.85. The highest BCUT2D eigenvalue weighted by atomic mass is 16.7. The van der Waals surface area contributed by atoms with Gasteiger partial charge >= 0.3 is 0 Å². The number of rotatable bonds is 0. The quantitative estimate of drug-likeness (QED) is 0.544. The Morgan fingerprint density at radius 1 is 1.30 bits per heavy atom. The Kier molecular flexibility index (Phi) is 0.974.